The predicted octanol–water partition coefficient (Wildman–Crippen LogP) is 1.70. The Morgan fingerprint density at radius 1 is 0.957 bits per heavy atom. The molecule has 0 aliphatic heterocycles. The Morgan fingerprint density at radius 3 is 2.17 bits per heavy atom. The number of hydrogen-bond donors (Lipinski definition) is 0. The van der Waals surface area contributed by atoms with Gasteiger partial charge in [0, 0.05) is 5.56 Å². The van der Waals surface area contributed by atoms with Crippen molar-refractivity contribution in [1.82, 2.24) is 29.9 Å². The maximum Gasteiger partial charge on any atom is 0.324 e. The van der Waals surface area contributed by atoms with Crippen LogP contribution in [-0.2, 0) is 6.42 Å². The van der Waals surface area contributed by atoms with Crippen LogP contribution in [0.2, 0.25) is 0 Å². The maximum atomic E-state index is 5.03. The highest BCUT2D eigenvalue weighted by Gasteiger charge is 2.12. The predicted molar refractivity (Wildman–Crippen MR) is 82.7 cm³/mol. The normalized spacial score (nSPS) is 10.6. The summed E-state index contributed by atoms with van der Waals surface area (Å²) in [5.41, 5.74) is 2.97. The van der Waals surface area contributed by atoms with Gasteiger partial charge in [-0.15, -0.1) is 10.1 Å². The molecule has 1 aromatic carbocycles. The molecule has 23 heavy (non-hydrogen) atoms. The Morgan fingerprint density at radius 2 is 1.61 bits per heavy atom. The van der Waals surface area contributed by atoms with E-state index in [4.69, 9.17) is 9.47 Å². The van der Waals surface area contributed by atoms with E-state index in [2.05, 4.69) is 44.3 Å². The van der Waals surface area contributed by atoms with Crippen molar-refractivity contribution >= 4 is 0 Å². The minimum atomic E-state index is 0.149. The van der Waals surface area contributed by atoms with E-state index in [9.17, 15) is 0 Å². The molecule has 118 valence electrons. The van der Waals surface area contributed by atoms with Gasteiger partial charge in [0.25, 0.3) is 5.95 Å². The lowest BCUT2D eigenvalue weighted by Crippen LogP contribution is -2.07. The lowest BCUT2D eigenvalue weighted by molar-refractivity contribution is 0.338. The molecule has 0 amide bonds. The lowest BCUT2D eigenvalue weighted by Gasteiger charge is -2.03. The van der Waals surface area contributed by atoms with Gasteiger partial charge in [0.15, 0.2) is 0 Å². The molecule has 0 saturated carbocycles. The summed E-state index contributed by atoms with van der Waals surface area (Å²) in [5.74, 6) is 0.276. The SMILES string of the molecule is CCc1ccc(-c2cn(-c3nc(OC)nc(OC)n3)nn2)cc1. The molecule has 0 spiro atoms. The number of aryl methyl sites for hydroxylation is 1. The summed E-state index contributed by atoms with van der Waals surface area (Å²) < 4.78 is 11.5. The molecule has 3 rings (SSSR count). The van der Waals surface area contributed by atoms with Crippen molar-refractivity contribution in [3.8, 4) is 29.2 Å². The average molecular weight is 312 g/mol. The van der Waals surface area contributed by atoms with Crippen LogP contribution in [0.3, 0.4) is 0 Å². The van der Waals surface area contributed by atoms with Crippen LogP contribution in [0.5, 0.6) is 12.0 Å². The first kappa shape index (κ1) is 14.9. The first-order chi connectivity index (χ1) is 11.2. The highest BCUT2D eigenvalue weighted by Crippen LogP contribution is 2.19. The van der Waals surface area contributed by atoms with E-state index < -0.39 is 0 Å². The molecule has 8 heteroatoms. The molecule has 0 saturated heterocycles. The van der Waals surface area contributed by atoms with Gasteiger partial charge in [-0.2, -0.15) is 14.6 Å². The topological polar surface area (TPSA) is 87.8 Å². The van der Waals surface area contributed by atoms with Gasteiger partial charge in [-0.05, 0) is 12.0 Å². The van der Waals surface area contributed by atoms with Crippen LogP contribution in [-0.4, -0.2) is 44.2 Å². The molecule has 3 aromatic rings. The van der Waals surface area contributed by atoms with Gasteiger partial charge in [-0.25, -0.2) is 0 Å². The second-order valence-electron chi connectivity index (χ2n) is 4.71. The third-order valence-corrected chi connectivity index (χ3v) is 3.30. The zero-order valence-corrected chi connectivity index (χ0v) is 13.1. The minimum Gasteiger partial charge on any atom is -0.467 e. The van der Waals surface area contributed by atoms with Gasteiger partial charge in [0.1, 0.15) is 5.69 Å². The highest BCUT2D eigenvalue weighted by atomic mass is 16.5. The van der Waals surface area contributed by atoms with Gasteiger partial charge in [0.05, 0.1) is 20.4 Å². The van der Waals surface area contributed by atoms with Crippen molar-refractivity contribution in [2.75, 3.05) is 14.2 Å². The fraction of sp³-hybridized carbons (Fsp3) is 0.267. The smallest absolute Gasteiger partial charge is 0.324 e. The highest BCUT2D eigenvalue weighted by molar-refractivity contribution is 5.58. The molecule has 0 fully saturated rings. The van der Waals surface area contributed by atoms with Crippen molar-refractivity contribution in [3.63, 3.8) is 0 Å². The first-order valence-electron chi connectivity index (χ1n) is 7.09. The number of aromatic nitrogens is 6. The van der Waals surface area contributed by atoms with Crippen LogP contribution in [0.4, 0.5) is 0 Å². The van der Waals surface area contributed by atoms with Crippen LogP contribution >= 0.6 is 0 Å². The van der Waals surface area contributed by atoms with E-state index in [0.29, 0.717) is 0 Å². The summed E-state index contributed by atoms with van der Waals surface area (Å²) >= 11 is 0. The third kappa shape index (κ3) is 3.10. The Balaban J connectivity index is 1.94. The Bertz CT molecular complexity index is 778. The Kier molecular flexibility index (Phi) is 4.13. The van der Waals surface area contributed by atoms with Crippen molar-refractivity contribution in [2.45, 2.75) is 13.3 Å². The Hall–Kier alpha value is -3.03. The van der Waals surface area contributed by atoms with E-state index in [0.717, 1.165) is 17.7 Å². The van der Waals surface area contributed by atoms with Crippen LogP contribution in [0.15, 0.2) is 30.5 Å². The summed E-state index contributed by atoms with van der Waals surface area (Å²) in [6, 6.07) is 8.48. The summed E-state index contributed by atoms with van der Waals surface area (Å²) in [6.45, 7) is 2.12. The molecule has 0 atom stereocenters. The summed E-state index contributed by atoms with van der Waals surface area (Å²) in [6.07, 6.45) is 2.74. The van der Waals surface area contributed by atoms with Crippen LogP contribution < -0.4 is 9.47 Å². The van der Waals surface area contributed by atoms with Gasteiger partial charge in [-0.3, -0.25) is 0 Å². The van der Waals surface area contributed by atoms with Gasteiger partial charge < -0.3 is 9.47 Å². The van der Waals surface area contributed by atoms with Crippen molar-refractivity contribution in [2.24, 2.45) is 0 Å². The summed E-state index contributed by atoms with van der Waals surface area (Å²) in [7, 11) is 2.95. The van der Waals surface area contributed by atoms with Gasteiger partial charge in [0.2, 0.25) is 0 Å². The summed E-state index contributed by atoms with van der Waals surface area (Å²) in [5, 5.41) is 8.22. The zero-order valence-electron chi connectivity index (χ0n) is 13.1. The lowest BCUT2D eigenvalue weighted by atomic mass is 10.1. The van der Waals surface area contributed by atoms with E-state index in [1.807, 2.05) is 12.1 Å². The van der Waals surface area contributed by atoms with Crippen LogP contribution in [0.1, 0.15) is 12.5 Å². The monoisotopic (exact) mass is 312 g/mol. The van der Waals surface area contributed by atoms with Crippen molar-refractivity contribution in [3.05, 3.63) is 36.0 Å². The molecule has 8 nitrogen and oxygen atoms in total. The minimum absolute atomic E-state index is 0.149. The summed E-state index contributed by atoms with van der Waals surface area (Å²) in [4.78, 5) is 12.2. The molecule has 0 aliphatic carbocycles. The fourth-order valence-electron chi connectivity index (χ4n) is 2.02. The number of ether oxygens (including phenoxy) is 2. The largest absolute Gasteiger partial charge is 0.467 e. The molecule has 0 unspecified atom stereocenters. The van der Waals surface area contributed by atoms with E-state index in [1.54, 1.807) is 6.20 Å². The van der Waals surface area contributed by atoms with E-state index >= 15 is 0 Å². The first-order valence-corrected chi connectivity index (χ1v) is 7.09. The van der Waals surface area contributed by atoms with Crippen molar-refractivity contribution < 1.29 is 9.47 Å². The van der Waals surface area contributed by atoms with Gasteiger partial charge >= 0.3 is 12.0 Å². The second kappa shape index (κ2) is 6.39. The quantitative estimate of drug-likeness (QED) is 0.708. The molecule has 0 aliphatic rings. The maximum absolute atomic E-state index is 5.03. The van der Waals surface area contributed by atoms with E-state index in [-0.39, 0.29) is 18.0 Å². The van der Waals surface area contributed by atoms with Crippen molar-refractivity contribution in [1.29, 1.82) is 0 Å². The van der Waals surface area contributed by atoms with Crippen LogP contribution in [0, 0.1) is 0 Å². The number of methoxy groups -OCH3 is 2. The molecule has 0 N–H and O–H groups in total. The molecular formula is C15H16N6O2. The average Bonchev–Trinajstić information content (AvgIpc) is 3.11. The number of nitrogens with zero attached hydrogens (tertiary/aromatic N) is 6. The molecule has 2 aromatic heterocycles. The standard InChI is InChI=1S/C15H16N6O2/c1-4-10-5-7-11(8-6-10)12-9-21(20-19-12)13-16-14(22-2)18-15(17-13)23-3/h5-9H,4H2,1-3H3. The number of benzene rings is 1. The molecule has 0 radical (unpaired) electrons. The fourth-order valence-corrected chi connectivity index (χ4v) is 2.02. The van der Waals surface area contributed by atoms with Gasteiger partial charge in [-0.1, -0.05) is 36.4 Å². The zero-order chi connectivity index (χ0) is 16.2. The van der Waals surface area contributed by atoms with E-state index in [1.165, 1.54) is 24.5 Å². The second-order valence-corrected chi connectivity index (χ2v) is 4.71. The number of hydrogen-bond acceptors (Lipinski definition) is 7. The Labute approximate surface area is 133 Å². The molecular weight excluding hydrogens is 296 g/mol. The number of rotatable bonds is 5. The molecule has 0 bridgehead atoms. The molecule has 2 heterocycles. The third-order valence-electron chi connectivity index (χ3n) is 3.30. The van der Waals surface area contributed by atoms with Crippen LogP contribution in [0.25, 0.3) is 17.2 Å².